The van der Waals surface area contributed by atoms with E-state index in [2.05, 4.69) is 26.5 Å². The van der Waals surface area contributed by atoms with Gasteiger partial charge in [-0.1, -0.05) is 64.4 Å². The molecule has 0 spiro atoms. The second-order valence-corrected chi connectivity index (χ2v) is 7.15. The van der Waals surface area contributed by atoms with Crippen LogP contribution in [0.25, 0.3) is 0 Å². The Labute approximate surface area is 126 Å². The summed E-state index contributed by atoms with van der Waals surface area (Å²) in [6.07, 6.45) is 5.55. The van der Waals surface area contributed by atoms with Crippen LogP contribution in [0.15, 0.2) is 40.4 Å². The zero-order chi connectivity index (χ0) is 13.1. The van der Waals surface area contributed by atoms with Crippen molar-refractivity contribution in [2.24, 2.45) is 10.1 Å². The molecule has 0 amide bonds. The summed E-state index contributed by atoms with van der Waals surface area (Å²) < 4.78 is 0. The van der Waals surface area contributed by atoms with E-state index in [4.69, 9.17) is 4.99 Å². The highest BCUT2D eigenvalue weighted by molar-refractivity contribution is 9.09. The monoisotopic (exact) mass is 337 g/mol. The number of thioether (sulfide) groups is 1. The van der Waals surface area contributed by atoms with Crippen LogP contribution < -0.4 is 5.43 Å². The van der Waals surface area contributed by atoms with Gasteiger partial charge in [0, 0.05) is 10.1 Å². The lowest BCUT2D eigenvalue weighted by molar-refractivity contribution is 0.475. The minimum atomic E-state index is 0.456. The van der Waals surface area contributed by atoms with E-state index >= 15 is 0 Å². The van der Waals surface area contributed by atoms with Gasteiger partial charge in [-0.2, -0.15) is 5.10 Å². The van der Waals surface area contributed by atoms with E-state index in [1.54, 1.807) is 0 Å². The molecule has 1 saturated carbocycles. The number of hydrogen-bond donors (Lipinski definition) is 1. The Morgan fingerprint density at radius 3 is 2.95 bits per heavy atom. The molecule has 1 aliphatic heterocycles. The predicted octanol–water partition coefficient (Wildman–Crippen LogP) is 3.40. The highest BCUT2D eigenvalue weighted by Gasteiger charge is 2.37. The first-order chi connectivity index (χ1) is 9.33. The lowest BCUT2D eigenvalue weighted by Gasteiger charge is -2.27. The zero-order valence-corrected chi connectivity index (χ0v) is 12.9. The Bertz CT molecular complexity index is 489. The fraction of sp³-hybridized carbons (Fsp3) is 0.429. The summed E-state index contributed by atoms with van der Waals surface area (Å²) >= 11 is 5.58. The van der Waals surface area contributed by atoms with Crippen LogP contribution >= 0.6 is 27.7 Å². The van der Waals surface area contributed by atoms with Gasteiger partial charge >= 0.3 is 0 Å². The van der Waals surface area contributed by atoms with Crippen LogP contribution in [0.1, 0.15) is 24.8 Å². The second-order valence-electron chi connectivity index (χ2n) is 4.81. The number of amidine groups is 1. The van der Waals surface area contributed by atoms with Gasteiger partial charge in [-0.05, 0) is 18.4 Å². The van der Waals surface area contributed by atoms with Gasteiger partial charge in [0.1, 0.15) is 0 Å². The molecule has 1 heterocycles. The van der Waals surface area contributed by atoms with Gasteiger partial charge < -0.3 is 0 Å². The van der Waals surface area contributed by atoms with E-state index in [0.29, 0.717) is 16.1 Å². The van der Waals surface area contributed by atoms with Gasteiger partial charge in [0.15, 0.2) is 5.17 Å². The molecule has 0 bridgehead atoms. The third-order valence-corrected chi connectivity index (χ3v) is 6.13. The summed E-state index contributed by atoms with van der Waals surface area (Å²) in [5.74, 6) is 0. The highest BCUT2D eigenvalue weighted by Crippen LogP contribution is 2.39. The van der Waals surface area contributed by atoms with Crippen LogP contribution in [0.5, 0.6) is 0 Å². The maximum absolute atomic E-state index is 4.72. The molecule has 1 aromatic rings. The molecule has 0 aromatic heterocycles. The molecule has 3 rings (SSSR count). The number of hydrogen-bond acceptors (Lipinski definition) is 4. The molecule has 3 atom stereocenters. The summed E-state index contributed by atoms with van der Waals surface area (Å²) in [5, 5.41) is 5.79. The number of hydrazone groups is 1. The van der Waals surface area contributed by atoms with Gasteiger partial charge in [-0.15, -0.1) is 0 Å². The largest absolute Gasteiger partial charge is 0.257 e. The van der Waals surface area contributed by atoms with Gasteiger partial charge in [0.25, 0.3) is 0 Å². The Kier molecular flexibility index (Phi) is 4.23. The van der Waals surface area contributed by atoms with Crippen LogP contribution in [0.2, 0.25) is 0 Å². The van der Waals surface area contributed by atoms with Crippen molar-refractivity contribution in [2.75, 3.05) is 0 Å². The van der Waals surface area contributed by atoms with E-state index in [1.807, 2.05) is 48.3 Å². The lowest BCUT2D eigenvalue weighted by atomic mass is 9.95. The number of nitrogens with zero attached hydrogens (tertiary/aromatic N) is 2. The molecular formula is C14H16BrN3S. The molecule has 0 radical (unpaired) electrons. The fourth-order valence-corrected chi connectivity index (χ4v) is 4.65. The molecule has 1 aromatic carbocycles. The van der Waals surface area contributed by atoms with Crippen molar-refractivity contribution in [1.29, 1.82) is 0 Å². The standard InChI is InChI=1S/C14H16BrN3S/c15-11-7-4-8-12-13(11)19-14(17-12)18-16-9-10-5-2-1-3-6-10/h1-3,5-6,9,11-13H,4,7-8H2,(H,17,18)/b16-9-/t11-,12+,13-/m1/s1. The Morgan fingerprint density at radius 2 is 2.16 bits per heavy atom. The number of nitrogens with one attached hydrogen (secondary N) is 1. The Morgan fingerprint density at radius 1 is 1.32 bits per heavy atom. The van der Waals surface area contributed by atoms with Crippen LogP contribution in [0, 0.1) is 0 Å². The van der Waals surface area contributed by atoms with Crippen molar-refractivity contribution in [2.45, 2.75) is 35.4 Å². The minimum absolute atomic E-state index is 0.456. The smallest absolute Gasteiger partial charge is 0.177 e. The van der Waals surface area contributed by atoms with Gasteiger partial charge in [0.2, 0.25) is 0 Å². The normalized spacial score (nSPS) is 30.2. The van der Waals surface area contributed by atoms with Crippen LogP contribution in [0.4, 0.5) is 0 Å². The quantitative estimate of drug-likeness (QED) is 0.510. The van der Waals surface area contributed by atoms with Gasteiger partial charge in [-0.25, -0.2) is 0 Å². The summed E-state index contributed by atoms with van der Waals surface area (Å²) in [4.78, 5) is 5.30. The first-order valence-electron chi connectivity index (χ1n) is 6.55. The molecule has 1 N–H and O–H groups in total. The van der Waals surface area contributed by atoms with Crippen molar-refractivity contribution in [1.82, 2.24) is 5.43 Å². The number of benzene rings is 1. The van der Waals surface area contributed by atoms with Crippen molar-refractivity contribution in [3.63, 3.8) is 0 Å². The van der Waals surface area contributed by atoms with Crippen molar-refractivity contribution in [3.8, 4) is 0 Å². The number of halogens is 1. The summed E-state index contributed by atoms with van der Waals surface area (Å²) in [7, 11) is 0. The van der Waals surface area contributed by atoms with E-state index in [1.165, 1.54) is 19.3 Å². The van der Waals surface area contributed by atoms with Crippen molar-refractivity contribution >= 4 is 39.1 Å². The minimum Gasteiger partial charge on any atom is -0.257 e. The number of fused-ring (bicyclic) bond motifs is 1. The average molecular weight is 338 g/mol. The van der Waals surface area contributed by atoms with E-state index in [0.717, 1.165) is 10.7 Å². The third kappa shape index (κ3) is 3.20. The first-order valence-corrected chi connectivity index (χ1v) is 8.35. The molecule has 100 valence electrons. The molecule has 19 heavy (non-hydrogen) atoms. The Hall–Kier alpha value is -0.810. The number of alkyl halides is 1. The highest BCUT2D eigenvalue weighted by atomic mass is 79.9. The van der Waals surface area contributed by atoms with Crippen LogP contribution in [0.3, 0.4) is 0 Å². The lowest BCUT2D eigenvalue weighted by Crippen LogP contribution is -2.31. The molecule has 1 fully saturated rings. The topological polar surface area (TPSA) is 36.8 Å². The van der Waals surface area contributed by atoms with E-state index in [-0.39, 0.29) is 0 Å². The molecular weight excluding hydrogens is 322 g/mol. The van der Waals surface area contributed by atoms with Gasteiger partial charge in [0.05, 0.1) is 12.3 Å². The maximum Gasteiger partial charge on any atom is 0.177 e. The van der Waals surface area contributed by atoms with Gasteiger partial charge in [-0.3, -0.25) is 10.4 Å². The zero-order valence-electron chi connectivity index (χ0n) is 10.5. The fourth-order valence-electron chi connectivity index (χ4n) is 2.45. The van der Waals surface area contributed by atoms with E-state index in [9.17, 15) is 0 Å². The van der Waals surface area contributed by atoms with Crippen LogP contribution in [-0.4, -0.2) is 27.5 Å². The Balaban J connectivity index is 1.58. The van der Waals surface area contributed by atoms with Crippen LogP contribution in [-0.2, 0) is 0 Å². The first kappa shape index (κ1) is 13.2. The average Bonchev–Trinajstić information content (AvgIpc) is 2.84. The summed E-state index contributed by atoms with van der Waals surface area (Å²) in [6.45, 7) is 0. The third-order valence-electron chi connectivity index (χ3n) is 3.42. The number of aliphatic imine (C=N–C) groups is 1. The summed E-state index contributed by atoms with van der Waals surface area (Å²) in [5.41, 5.74) is 4.16. The SMILES string of the molecule is Br[C@@H]1CCC[C@@H]2N=C(N/N=C\c3ccccc3)S[C@H]12. The van der Waals surface area contributed by atoms with Crippen molar-refractivity contribution < 1.29 is 0 Å². The summed E-state index contributed by atoms with van der Waals surface area (Å²) in [6, 6.07) is 10.5. The molecule has 5 heteroatoms. The molecule has 3 nitrogen and oxygen atoms in total. The molecule has 0 saturated heterocycles. The number of rotatable bonds is 2. The predicted molar refractivity (Wildman–Crippen MR) is 86.3 cm³/mol. The molecule has 0 unspecified atom stereocenters. The molecule has 1 aliphatic carbocycles. The molecule has 2 aliphatic rings. The second kappa shape index (κ2) is 6.09. The van der Waals surface area contributed by atoms with Crippen molar-refractivity contribution in [3.05, 3.63) is 35.9 Å². The van der Waals surface area contributed by atoms with E-state index < -0.39 is 0 Å². The maximum atomic E-state index is 4.72.